The molecule has 5 atom stereocenters. The molecule has 0 heterocycles. The Labute approximate surface area is 172 Å². The van der Waals surface area contributed by atoms with Crippen molar-refractivity contribution in [1.29, 1.82) is 0 Å². The van der Waals surface area contributed by atoms with Gasteiger partial charge in [0.05, 0.1) is 17.8 Å². The molecule has 2 rings (SSSR count). The molecular formula is C23H32O6. The quantitative estimate of drug-likeness (QED) is 0.549. The molecule has 6 heteroatoms. The first kappa shape index (κ1) is 22.9. The lowest BCUT2D eigenvalue weighted by Gasteiger charge is -2.32. The second-order valence-electron chi connectivity index (χ2n) is 8.05. The van der Waals surface area contributed by atoms with Crippen LogP contribution in [0.2, 0.25) is 0 Å². The number of carboxylic acids is 2. The minimum Gasteiger partial charge on any atom is -0.481 e. The third-order valence-electron chi connectivity index (χ3n) is 6.06. The van der Waals surface area contributed by atoms with Crippen molar-refractivity contribution in [2.45, 2.75) is 64.9 Å². The Balaban J connectivity index is 2.27. The highest BCUT2D eigenvalue weighted by molar-refractivity contribution is 5.81. The van der Waals surface area contributed by atoms with Gasteiger partial charge < -0.3 is 14.9 Å². The normalized spacial score (nSPS) is 22.3. The number of benzene rings is 1. The van der Waals surface area contributed by atoms with Crippen LogP contribution >= 0.6 is 0 Å². The number of esters is 1. The van der Waals surface area contributed by atoms with Crippen molar-refractivity contribution >= 4 is 17.9 Å². The summed E-state index contributed by atoms with van der Waals surface area (Å²) in [5.74, 6) is -4.90. The molecule has 1 aliphatic carbocycles. The maximum atomic E-state index is 13.0. The molecule has 1 fully saturated rings. The van der Waals surface area contributed by atoms with E-state index >= 15 is 0 Å². The van der Waals surface area contributed by atoms with E-state index in [0.29, 0.717) is 19.3 Å². The standard InChI is InChI=1S/C23H32O6/c1-3-4-12-17(21(24)25)15(2)20(16-10-6-5-7-11-16)29-23(28)19-14-9-8-13-18(19)22(26)27/h5-7,10-11,15,17-20H,3-4,8-9,12-14H2,1-2H3,(H,24,25)(H,26,27). The molecule has 6 nitrogen and oxygen atoms in total. The summed E-state index contributed by atoms with van der Waals surface area (Å²) in [6.45, 7) is 3.81. The molecule has 0 aliphatic heterocycles. The van der Waals surface area contributed by atoms with Gasteiger partial charge in [0.15, 0.2) is 0 Å². The molecule has 0 amide bonds. The van der Waals surface area contributed by atoms with Gasteiger partial charge in [-0.2, -0.15) is 0 Å². The van der Waals surface area contributed by atoms with Crippen molar-refractivity contribution in [1.82, 2.24) is 0 Å². The van der Waals surface area contributed by atoms with Gasteiger partial charge in [-0.05, 0) is 24.8 Å². The highest BCUT2D eigenvalue weighted by Crippen LogP contribution is 2.37. The fourth-order valence-electron chi connectivity index (χ4n) is 4.29. The zero-order valence-corrected chi connectivity index (χ0v) is 17.3. The summed E-state index contributed by atoms with van der Waals surface area (Å²) in [5, 5.41) is 19.2. The van der Waals surface area contributed by atoms with E-state index in [9.17, 15) is 24.6 Å². The maximum Gasteiger partial charge on any atom is 0.310 e. The average Bonchev–Trinajstić information content (AvgIpc) is 2.72. The van der Waals surface area contributed by atoms with Crippen molar-refractivity contribution < 1.29 is 29.3 Å². The van der Waals surface area contributed by atoms with Crippen molar-refractivity contribution in [3.63, 3.8) is 0 Å². The van der Waals surface area contributed by atoms with E-state index in [1.165, 1.54) is 0 Å². The summed E-state index contributed by atoms with van der Waals surface area (Å²) in [4.78, 5) is 36.5. The Morgan fingerprint density at radius 2 is 1.69 bits per heavy atom. The first-order valence-corrected chi connectivity index (χ1v) is 10.6. The highest BCUT2D eigenvalue weighted by atomic mass is 16.5. The zero-order chi connectivity index (χ0) is 21.4. The van der Waals surface area contributed by atoms with Crippen molar-refractivity contribution in [3.8, 4) is 0 Å². The van der Waals surface area contributed by atoms with E-state index in [0.717, 1.165) is 31.2 Å². The summed E-state index contributed by atoms with van der Waals surface area (Å²) < 4.78 is 5.86. The second-order valence-corrected chi connectivity index (χ2v) is 8.05. The first-order chi connectivity index (χ1) is 13.9. The van der Waals surface area contributed by atoms with Crippen molar-refractivity contribution in [2.75, 3.05) is 0 Å². The summed E-state index contributed by atoms with van der Waals surface area (Å²) in [6, 6.07) is 9.14. The molecule has 1 aromatic rings. The van der Waals surface area contributed by atoms with E-state index in [4.69, 9.17) is 4.74 Å². The Morgan fingerprint density at radius 3 is 2.24 bits per heavy atom. The van der Waals surface area contributed by atoms with Crippen LogP contribution in [0.25, 0.3) is 0 Å². The van der Waals surface area contributed by atoms with Crippen LogP contribution in [0.1, 0.15) is 70.5 Å². The Bertz CT molecular complexity index is 686. The van der Waals surface area contributed by atoms with Gasteiger partial charge in [-0.25, -0.2) is 0 Å². The van der Waals surface area contributed by atoms with Crippen LogP contribution in [-0.2, 0) is 19.1 Å². The van der Waals surface area contributed by atoms with Gasteiger partial charge in [-0.1, -0.05) is 69.9 Å². The van der Waals surface area contributed by atoms with Crippen LogP contribution < -0.4 is 0 Å². The summed E-state index contributed by atoms with van der Waals surface area (Å²) >= 11 is 0. The molecule has 1 aromatic carbocycles. The van der Waals surface area contributed by atoms with E-state index in [2.05, 4.69) is 0 Å². The maximum absolute atomic E-state index is 13.0. The van der Waals surface area contributed by atoms with E-state index < -0.39 is 47.7 Å². The lowest BCUT2D eigenvalue weighted by molar-refractivity contribution is -0.168. The lowest BCUT2D eigenvalue weighted by atomic mass is 9.79. The van der Waals surface area contributed by atoms with Crippen LogP contribution in [0, 0.1) is 23.7 Å². The van der Waals surface area contributed by atoms with E-state index in [-0.39, 0.29) is 0 Å². The van der Waals surface area contributed by atoms with Crippen LogP contribution in [0.5, 0.6) is 0 Å². The predicted molar refractivity (Wildman–Crippen MR) is 108 cm³/mol. The number of aliphatic carboxylic acids is 2. The smallest absolute Gasteiger partial charge is 0.310 e. The SMILES string of the molecule is CCCCC(C(=O)O)C(C)C(OC(=O)C1CCCCC1C(=O)O)c1ccccc1. The zero-order valence-electron chi connectivity index (χ0n) is 17.3. The summed E-state index contributed by atoms with van der Waals surface area (Å²) in [6.07, 6.45) is 3.99. The predicted octanol–water partition coefficient (Wildman–Crippen LogP) is 4.69. The Hall–Kier alpha value is -2.37. The number of carboxylic acid groups (broad SMARTS) is 2. The molecule has 0 radical (unpaired) electrons. The second kappa shape index (κ2) is 11.0. The van der Waals surface area contributed by atoms with Crippen molar-refractivity contribution in [3.05, 3.63) is 35.9 Å². The van der Waals surface area contributed by atoms with Gasteiger partial charge in [0.1, 0.15) is 6.10 Å². The van der Waals surface area contributed by atoms with Crippen molar-refractivity contribution in [2.24, 2.45) is 23.7 Å². The third kappa shape index (κ3) is 6.05. The number of hydrogen-bond acceptors (Lipinski definition) is 4. The topological polar surface area (TPSA) is 101 Å². The lowest BCUT2D eigenvalue weighted by Crippen LogP contribution is -2.36. The fraction of sp³-hybridized carbons (Fsp3) is 0.609. The number of ether oxygens (including phenoxy) is 1. The molecular weight excluding hydrogens is 372 g/mol. The highest BCUT2D eigenvalue weighted by Gasteiger charge is 2.40. The third-order valence-corrected chi connectivity index (χ3v) is 6.06. The van der Waals surface area contributed by atoms with Gasteiger partial charge in [0, 0.05) is 5.92 Å². The summed E-state index contributed by atoms with van der Waals surface area (Å²) in [5.41, 5.74) is 0.735. The minimum absolute atomic E-state index is 0.433. The molecule has 0 spiro atoms. The Kier molecular flexibility index (Phi) is 8.68. The largest absolute Gasteiger partial charge is 0.481 e. The summed E-state index contributed by atoms with van der Waals surface area (Å²) in [7, 11) is 0. The molecule has 29 heavy (non-hydrogen) atoms. The first-order valence-electron chi connectivity index (χ1n) is 10.6. The number of carbonyl (C=O) groups excluding carboxylic acids is 1. The number of rotatable bonds is 10. The monoisotopic (exact) mass is 404 g/mol. The van der Waals surface area contributed by atoms with Gasteiger partial charge in [0.2, 0.25) is 0 Å². The minimum atomic E-state index is -0.970. The van der Waals surface area contributed by atoms with Gasteiger partial charge in [-0.15, -0.1) is 0 Å². The van der Waals surface area contributed by atoms with Gasteiger partial charge in [-0.3, -0.25) is 14.4 Å². The number of unbranched alkanes of at least 4 members (excludes halogenated alkanes) is 1. The molecule has 0 aromatic heterocycles. The number of carbonyl (C=O) groups is 3. The van der Waals surface area contributed by atoms with Crippen LogP contribution in [-0.4, -0.2) is 28.1 Å². The van der Waals surface area contributed by atoms with Crippen LogP contribution in [0.15, 0.2) is 30.3 Å². The Morgan fingerprint density at radius 1 is 1.07 bits per heavy atom. The molecule has 2 N–H and O–H groups in total. The molecule has 1 saturated carbocycles. The van der Waals surface area contributed by atoms with Crippen LogP contribution in [0.4, 0.5) is 0 Å². The van der Waals surface area contributed by atoms with E-state index in [1.54, 1.807) is 6.92 Å². The molecule has 1 aliphatic rings. The van der Waals surface area contributed by atoms with E-state index in [1.807, 2.05) is 37.3 Å². The molecule has 0 bridgehead atoms. The van der Waals surface area contributed by atoms with Crippen LogP contribution in [0.3, 0.4) is 0 Å². The van der Waals surface area contributed by atoms with Gasteiger partial charge in [0.25, 0.3) is 0 Å². The fourth-order valence-corrected chi connectivity index (χ4v) is 4.29. The molecule has 0 saturated heterocycles. The molecule has 160 valence electrons. The van der Waals surface area contributed by atoms with Gasteiger partial charge >= 0.3 is 17.9 Å². The molecule has 5 unspecified atom stereocenters. The number of hydrogen-bond donors (Lipinski definition) is 2. The average molecular weight is 405 g/mol.